The average molecular weight is 275 g/mol. The Kier molecular flexibility index (Phi) is 4.43. The molecule has 0 saturated carbocycles. The number of aromatic nitrogens is 1. The van der Waals surface area contributed by atoms with E-state index >= 15 is 0 Å². The molecule has 20 heavy (non-hydrogen) atoms. The molecule has 0 aromatic carbocycles. The van der Waals surface area contributed by atoms with Crippen molar-refractivity contribution in [1.29, 1.82) is 0 Å². The number of hydrogen-bond acceptors (Lipinski definition) is 3. The van der Waals surface area contributed by atoms with Gasteiger partial charge in [-0.3, -0.25) is 9.69 Å². The maximum atomic E-state index is 12.6. The smallest absolute Gasteiger partial charge is 0.272 e. The number of piperazine rings is 1. The highest BCUT2D eigenvalue weighted by Crippen LogP contribution is 2.17. The quantitative estimate of drug-likeness (QED) is 0.831. The van der Waals surface area contributed by atoms with Gasteiger partial charge in [0.15, 0.2) is 0 Å². The zero-order valence-electron chi connectivity index (χ0n) is 13.1. The Hall–Kier alpha value is -1.42. The molecule has 0 N–H and O–H groups in total. The van der Waals surface area contributed by atoms with Crippen LogP contribution < -0.4 is 0 Å². The van der Waals surface area contributed by atoms with Crippen molar-refractivity contribution in [2.24, 2.45) is 0 Å². The highest BCUT2D eigenvalue weighted by Gasteiger charge is 2.30. The number of hydrogen-bond donors (Lipinski definition) is 0. The normalized spacial score (nSPS) is 24.2. The summed E-state index contributed by atoms with van der Waals surface area (Å²) >= 11 is 0. The molecule has 2 heterocycles. The number of rotatable bonds is 2. The van der Waals surface area contributed by atoms with E-state index in [-0.39, 0.29) is 5.91 Å². The van der Waals surface area contributed by atoms with Gasteiger partial charge in [0.1, 0.15) is 5.69 Å². The second-order valence-electron chi connectivity index (χ2n) is 6.18. The molecule has 0 aliphatic carbocycles. The van der Waals surface area contributed by atoms with Crippen LogP contribution >= 0.6 is 0 Å². The molecule has 1 fully saturated rings. The van der Waals surface area contributed by atoms with Gasteiger partial charge in [0.05, 0.1) is 0 Å². The Morgan fingerprint density at radius 2 is 1.85 bits per heavy atom. The Labute approximate surface area is 121 Å². The predicted octanol–water partition coefficient (Wildman–Crippen LogP) is 2.37. The molecule has 1 amide bonds. The van der Waals surface area contributed by atoms with Crippen molar-refractivity contribution in [1.82, 2.24) is 14.8 Å². The standard InChI is InChI=1S/C16H25N3O/c1-11(2)14-7-6-8-15(17-14)16(20)19-9-12(3)18(5)13(4)10-19/h6-8,11-13H,9-10H2,1-5H3/t12-,13+. The SMILES string of the molecule is CC(C)c1cccc(C(=O)N2C[C@@H](C)N(C)[C@@H](C)C2)n1. The third-order valence-corrected chi connectivity index (χ3v) is 4.23. The number of pyridine rings is 1. The molecule has 1 aliphatic rings. The number of likely N-dealkylation sites (N-methyl/N-ethyl adjacent to an activating group) is 1. The van der Waals surface area contributed by atoms with Crippen LogP contribution in [0.2, 0.25) is 0 Å². The fourth-order valence-corrected chi connectivity index (χ4v) is 2.62. The first-order valence-corrected chi connectivity index (χ1v) is 7.38. The van der Waals surface area contributed by atoms with E-state index in [1.165, 1.54) is 0 Å². The van der Waals surface area contributed by atoms with Gasteiger partial charge in [0.25, 0.3) is 5.91 Å². The van der Waals surface area contributed by atoms with E-state index in [0.717, 1.165) is 18.8 Å². The average Bonchev–Trinajstić information content (AvgIpc) is 2.43. The lowest BCUT2D eigenvalue weighted by atomic mass is 10.1. The first-order chi connectivity index (χ1) is 9.40. The zero-order valence-corrected chi connectivity index (χ0v) is 13.1. The minimum atomic E-state index is 0.0549. The summed E-state index contributed by atoms with van der Waals surface area (Å²) in [6, 6.07) is 6.50. The molecular weight excluding hydrogens is 250 g/mol. The summed E-state index contributed by atoms with van der Waals surface area (Å²) in [6.45, 7) is 10.1. The van der Waals surface area contributed by atoms with Crippen LogP contribution in [0.15, 0.2) is 18.2 Å². The van der Waals surface area contributed by atoms with E-state index in [2.05, 4.69) is 44.6 Å². The summed E-state index contributed by atoms with van der Waals surface area (Å²) < 4.78 is 0. The minimum Gasteiger partial charge on any atom is -0.334 e. The van der Waals surface area contributed by atoms with Crippen LogP contribution in [-0.2, 0) is 0 Å². The van der Waals surface area contributed by atoms with E-state index < -0.39 is 0 Å². The van der Waals surface area contributed by atoms with Crippen molar-refractivity contribution >= 4 is 5.91 Å². The Balaban J connectivity index is 2.17. The van der Waals surface area contributed by atoms with Gasteiger partial charge in [-0.2, -0.15) is 0 Å². The maximum absolute atomic E-state index is 12.6. The van der Waals surface area contributed by atoms with E-state index in [1.807, 2.05) is 23.1 Å². The molecular formula is C16H25N3O. The van der Waals surface area contributed by atoms with Crippen LogP contribution in [0.5, 0.6) is 0 Å². The van der Waals surface area contributed by atoms with E-state index in [0.29, 0.717) is 23.7 Å². The molecule has 2 atom stereocenters. The molecule has 0 radical (unpaired) electrons. The largest absolute Gasteiger partial charge is 0.334 e. The highest BCUT2D eigenvalue weighted by molar-refractivity contribution is 5.92. The monoisotopic (exact) mass is 275 g/mol. The van der Waals surface area contributed by atoms with Crippen LogP contribution in [-0.4, -0.2) is 52.9 Å². The van der Waals surface area contributed by atoms with E-state index in [9.17, 15) is 4.79 Å². The van der Waals surface area contributed by atoms with Crippen molar-refractivity contribution in [2.45, 2.75) is 45.7 Å². The molecule has 1 aliphatic heterocycles. The summed E-state index contributed by atoms with van der Waals surface area (Å²) in [5, 5.41) is 0. The first kappa shape index (κ1) is 15.0. The van der Waals surface area contributed by atoms with Crippen LogP contribution in [0.25, 0.3) is 0 Å². The molecule has 1 aromatic heterocycles. The molecule has 0 bridgehead atoms. The predicted molar refractivity (Wildman–Crippen MR) is 80.9 cm³/mol. The Morgan fingerprint density at radius 1 is 1.25 bits per heavy atom. The third-order valence-electron chi connectivity index (χ3n) is 4.23. The molecule has 1 saturated heterocycles. The summed E-state index contributed by atoms with van der Waals surface area (Å²) in [5.74, 6) is 0.396. The van der Waals surface area contributed by atoms with E-state index in [1.54, 1.807) is 0 Å². The van der Waals surface area contributed by atoms with Gasteiger partial charge < -0.3 is 4.90 Å². The summed E-state index contributed by atoms with van der Waals surface area (Å²) in [6.07, 6.45) is 0. The lowest BCUT2D eigenvalue weighted by Crippen LogP contribution is -2.56. The van der Waals surface area contributed by atoms with Crippen molar-refractivity contribution in [3.63, 3.8) is 0 Å². The number of nitrogens with zero attached hydrogens (tertiary/aromatic N) is 3. The number of carbonyl (C=O) groups excluding carboxylic acids is 1. The third kappa shape index (κ3) is 3.01. The molecule has 4 nitrogen and oxygen atoms in total. The summed E-state index contributed by atoms with van der Waals surface area (Å²) in [7, 11) is 2.12. The fourth-order valence-electron chi connectivity index (χ4n) is 2.62. The molecule has 4 heteroatoms. The first-order valence-electron chi connectivity index (χ1n) is 7.38. The second kappa shape index (κ2) is 5.92. The number of amides is 1. The molecule has 0 spiro atoms. The van der Waals surface area contributed by atoms with Gasteiger partial charge in [-0.05, 0) is 38.9 Å². The lowest BCUT2D eigenvalue weighted by molar-refractivity contribution is 0.0409. The molecule has 0 unspecified atom stereocenters. The van der Waals surface area contributed by atoms with Crippen molar-refractivity contribution in [2.75, 3.05) is 20.1 Å². The summed E-state index contributed by atoms with van der Waals surface area (Å²) in [5.41, 5.74) is 1.55. The van der Waals surface area contributed by atoms with Crippen molar-refractivity contribution in [3.8, 4) is 0 Å². The van der Waals surface area contributed by atoms with Crippen LogP contribution in [0.1, 0.15) is 49.8 Å². The van der Waals surface area contributed by atoms with E-state index in [4.69, 9.17) is 0 Å². The van der Waals surface area contributed by atoms with Crippen molar-refractivity contribution < 1.29 is 4.79 Å². The second-order valence-corrected chi connectivity index (χ2v) is 6.18. The minimum absolute atomic E-state index is 0.0549. The van der Waals surface area contributed by atoms with Crippen LogP contribution in [0.3, 0.4) is 0 Å². The summed E-state index contributed by atoms with van der Waals surface area (Å²) in [4.78, 5) is 21.4. The fraction of sp³-hybridized carbons (Fsp3) is 0.625. The van der Waals surface area contributed by atoms with Crippen LogP contribution in [0, 0.1) is 0 Å². The highest BCUT2D eigenvalue weighted by atomic mass is 16.2. The Bertz CT molecular complexity index is 474. The van der Waals surface area contributed by atoms with Gasteiger partial charge in [0, 0.05) is 30.9 Å². The van der Waals surface area contributed by atoms with Gasteiger partial charge in [-0.15, -0.1) is 0 Å². The topological polar surface area (TPSA) is 36.4 Å². The lowest BCUT2D eigenvalue weighted by Gasteiger charge is -2.42. The van der Waals surface area contributed by atoms with Crippen molar-refractivity contribution in [3.05, 3.63) is 29.6 Å². The van der Waals surface area contributed by atoms with Gasteiger partial charge in [-0.1, -0.05) is 19.9 Å². The number of carbonyl (C=O) groups is 1. The molecule has 2 rings (SSSR count). The molecule has 110 valence electrons. The van der Waals surface area contributed by atoms with Gasteiger partial charge in [-0.25, -0.2) is 4.98 Å². The van der Waals surface area contributed by atoms with Gasteiger partial charge in [0.2, 0.25) is 0 Å². The Morgan fingerprint density at radius 3 is 2.40 bits per heavy atom. The molecule has 1 aromatic rings. The zero-order chi connectivity index (χ0) is 14.9. The van der Waals surface area contributed by atoms with Crippen LogP contribution in [0.4, 0.5) is 0 Å². The van der Waals surface area contributed by atoms with Gasteiger partial charge >= 0.3 is 0 Å². The maximum Gasteiger partial charge on any atom is 0.272 e.